The van der Waals surface area contributed by atoms with E-state index in [1.165, 1.54) is 11.3 Å². The lowest BCUT2D eigenvalue weighted by Gasteiger charge is -2.37. The predicted molar refractivity (Wildman–Crippen MR) is 86.5 cm³/mol. The van der Waals surface area contributed by atoms with E-state index in [0.717, 1.165) is 5.69 Å². The Morgan fingerprint density at radius 2 is 1.57 bits per heavy atom. The maximum atomic E-state index is 12.8. The van der Waals surface area contributed by atoms with Crippen LogP contribution in [0.3, 0.4) is 0 Å². The monoisotopic (exact) mass is 328 g/mol. The summed E-state index contributed by atoms with van der Waals surface area (Å²) in [6.07, 6.45) is 5.58. The molecule has 23 heavy (non-hydrogen) atoms. The summed E-state index contributed by atoms with van der Waals surface area (Å²) in [5.41, 5.74) is 0.855. The fourth-order valence-electron chi connectivity index (χ4n) is 4.91. The summed E-state index contributed by atoms with van der Waals surface area (Å²) in [5.74, 6) is 1.64. The number of nitrogens with one attached hydrogen (secondary N) is 1. The van der Waals surface area contributed by atoms with Gasteiger partial charge in [-0.05, 0) is 54.4 Å². The summed E-state index contributed by atoms with van der Waals surface area (Å²) in [7, 11) is 0. The molecule has 1 heterocycles. The van der Waals surface area contributed by atoms with Crippen LogP contribution in [0, 0.1) is 35.5 Å². The smallest absolute Gasteiger partial charge is 0.235 e. The van der Waals surface area contributed by atoms with Crippen molar-refractivity contribution in [2.75, 3.05) is 12.0 Å². The highest BCUT2D eigenvalue weighted by Crippen LogP contribution is 2.65. The zero-order chi connectivity index (χ0) is 15.7. The number of likely N-dealkylation sites (tertiary alicyclic amines) is 1. The molecule has 6 rings (SSSR count). The third-order valence-corrected chi connectivity index (χ3v) is 6.29. The lowest BCUT2D eigenvalue weighted by molar-refractivity contribution is -0.139. The van der Waals surface area contributed by atoms with Crippen molar-refractivity contribution in [2.45, 2.75) is 6.42 Å². The van der Waals surface area contributed by atoms with Gasteiger partial charge in [-0.2, -0.15) is 0 Å². The summed E-state index contributed by atoms with van der Waals surface area (Å²) in [6.45, 7) is 0.237. The number of imide groups is 1. The molecule has 118 valence electrons. The number of hydrogen-bond acceptors (Lipinski definition) is 3. The van der Waals surface area contributed by atoms with E-state index in [2.05, 4.69) is 17.5 Å². The highest BCUT2D eigenvalue weighted by Gasteiger charge is 2.66. The van der Waals surface area contributed by atoms with Crippen LogP contribution < -0.4 is 5.32 Å². The minimum absolute atomic E-state index is 0.00571. The molecule has 6 atom stereocenters. The van der Waals surface area contributed by atoms with E-state index < -0.39 is 0 Å². The van der Waals surface area contributed by atoms with E-state index in [4.69, 9.17) is 11.6 Å². The number of amides is 2. The number of benzene rings is 1. The summed E-state index contributed by atoms with van der Waals surface area (Å²) in [4.78, 5) is 27.0. The Bertz CT molecular complexity index is 693. The number of halogens is 1. The highest BCUT2D eigenvalue weighted by molar-refractivity contribution is 6.30. The molecule has 4 nitrogen and oxygen atoms in total. The van der Waals surface area contributed by atoms with E-state index in [0.29, 0.717) is 16.9 Å². The first-order chi connectivity index (χ1) is 11.1. The third kappa shape index (κ3) is 1.84. The Morgan fingerprint density at radius 3 is 2.13 bits per heavy atom. The van der Waals surface area contributed by atoms with Gasteiger partial charge in [0.25, 0.3) is 0 Å². The van der Waals surface area contributed by atoms with Gasteiger partial charge in [0.1, 0.15) is 0 Å². The summed E-state index contributed by atoms with van der Waals surface area (Å²) < 4.78 is 0. The van der Waals surface area contributed by atoms with Crippen LogP contribution in [0.15, 0.2) is 36.4 Å². The predicted octanol–water partition coefficient (Wildman–Crippen LogP) is 2.76. The molecule has 0 aromatic heterocycles. The van der Waals surface area contributed by atoms with Gasteiger partial charge in [0.05, 0.1) is 18.5 Å². The molecule has 1 aromatic rings. The van der Waals surface area contributed by atoms with Gasteiger partial charge in [-0.25, -0.2) is 0 Å². The van der Waals surface area contributed by atoms with E-state index in [-0.39, 0.29) is 42.2 Å². The van der Waals surface area contributed by atoms with Gasteiger partial charge < -0.3 is 5.32 Å². The van der Waals surface area contributed by atoms with Gasteiger partial charge >= 0.3 is 0 Å². The number of allylic oxidation sites excluding steroid dienone is 2. The molecule has 1 saturated heterocycles. The lowest BCUT2D eigenvalue weighted by atomic mass is 9.63. The van der Waals surface area contributed by atoms with Crippen LogP contribution in [0.1, 0.15) is 6.42 Å². The van der Waals surface area contributed by atoms with E-state index >= 15 is 0 Å². The molecule has 5 aliphatic rings. The summed E-state index contributed by atoms with van der Waals surface area (Å²) in [6, 6.07) is 7.27. The summed E-state index contributed by atoms with van der Waals surface area (Å²) in [5, 5.41) is 3.83. The van der Waals surface area contributed by atoms with Crippen molar-refractivity contribution in [1.29, 1.82) is 0 Å². The average molecular weight is 329 g/mol. The maximum absolute atomic E-state index is 12.8. The molecule has 2 bridgehead atoms. The van der Waals surface area contributed by atoms with Crippen molar-refractivity contribution in [3.8, 4) is 0 Å². The topological polar surface area (TPSA) is 49.4 Å². The van der Waals surface area contributed by atoms with Gasteiger partial charge in [-0.1, -0.05) is 23.8 Å². The molecular weight excluding hydrogens is 312 g/mol. The third-order valence-electron chi connectivity index (χ3n) is 6.04. The molecule has 0 unspecified atom stereocenters. The van der Waals surface area contributed by atoms with E-state index in [1.54, 1.807) is 12.1 Å². The van der Waals surface area contributed by atoms with Crippen molar-refractivity contribution in [2.24, 2.45) is 35.5 Å². The second kappa shape index (κ2) is 4.60. The Morgan fingerprint density at radius 1 is 1.00 bits per heavy atom. The van der Waals surface area contributed by atoms with Gasteiger partial charge in [0, 0.05) is 10.7 Å². The van der Waals surface area contributed by atoms with Crippen LogP contribution in [-0.2, 0) is 9.59 Å². The zero-order valence-electron chi connectivity index (χ0n) is 12.5. The Labute approximate surface area is 139 Å². The van der Waals surface area contributed by atoms with Crippen LogP contribution in [0.2, 0.25) is 5.02 Å². The Kier molecular flexibility index (Phi) is 2.72. The van der Waals surface area contributed by atoms with E-state index in [1.807, 2.05) is 12.1 Å². The van der Waals surface area contributed by atoms with Crippen LogP contribution in [0.5, 0.6) is 0 Å². The number of anilines is 1. The van der Waals surface area contributed by atoms with Crippen LogP contribution in [0.4, 0.5) is 5.69 Å². The molecule has 1 aromatic carbocycles. The standard InChI is InChI=1S/C18H17ClN2O2/c19-9-1-3-10(4-2-9)20-8-21-17(22)15-11-5-6-12(14-7-13(11)14)16(15)18(21)23/h1-6,11-16,20H,7-8H2/t11-,12-,13-,14+,15-,16-/m1/s1. The average Bonchev–Trinajstić information content (AvgIpc) is 3.33. The fraction of sp³-hybridized carbons (Fsp3) is 0.444. The van der Waals surface area contributed by atoms with Crippen molar-refractivity contribution < 1.29 is 9.59 Å². The Hall–Kier alpha value is -1.81. The molecule has 1 aliphatic heterocycles. The van der Waals surface area contributed by atoms with Gasteiger partial charge in [-0.3, -0.25) is 14.5 Å². The second-order valence-electron chi connectivity index (χ2n) is 7.10. The fourth-order valence-corrected chi connectivity index (χ4v) is 5.04. The molecular formula is C18H17ClN2O2. The second-order valence-corrected chi connectivity index (χ2v) is 7.54. The normalized spacial score (nSPS) is 39.4. The highest BCUT2D eigenvalue weighted by atomic mass is 35.5. The SMILES string of the molecule is O=C1[C@@H]2[C@@H]3C=C[C@H]([C@@H]4C[C@H]34)[C@H]2C(=O)N1CNc1ccc(Cl)cc1. The van der Waals surface area contributed by atoms with Crippen molar-refractivity contribution in [3.05, 3.63) is 41.4 Å². The zero-order valence-corrected chi connectivity index (χ0v) is 13.2. The van der Waals surface area contributed by atoms with Gasteiger partial charge in [0.2, 0.25) is 11.8 Å². The molecule has 2 amide bonds. The molecule has 5 heteroatoms. The Balaban J connectivity index is 1.36. The van der Waals surface area contributed by atoms with Gasteiger partial charge in [0.15, 0.2) is 0 Å². The number of carbonyl (C=O) groups excluding carboxylic acids is 2. The number of hydrogen-bond donors (Lipinski definition) is 1. The largest absolute Gasteiger partial charge is 0.367 e. The van der Waals surface area contributed by atoms with Crippen LogP contribution >= 0.6 is 11.6 Å². The van der Waals surface area contributed by atoms with Crippen molar-refractivity contribution in [3.63, 3.8) is 0 Å². The quantitative estimate of drug-likeness (QED) is 0.685. The first-order valence-corrected chi connectivity index (χ1v) is 8.56. The number of rotatable bonds is 3. The van der Waals surface area contributed by atoms with Crippen LogP contribution in [0.25, 0.3) is 0 Å². The van der Waals surface area contributed by atoms with Crippen LogP contribution in [-0.4, -0.2) is 23.4 Å². The minimum Gasteiger partial charge on any atom is -0.367 e. The van der Waals surface area contributed by atoms with Crippen molar-refractivity contribution >= 4 is 29.1 Å². The molecule has 1 N–H and O–H groups in total. The number of nitrogens with zero attached hydrogens (tertiary/aromatic N) is 1. The molecule has 2 saturated carbocycles. The first kappa shape index (κ1) is 13.6. The molecule has 0 spiro atoms. The molecule has 4 aliphatic carbocycles. The van der Waals surface area contributed by atoms with E-state index in [9.17, 15) is 9.59 Å². The van der Waals surface area contributed by atoms with Gasteiger partial charge in [-0.15, -0.1) is 0 Å². The maximum Gasteiger partial charge on any atom is 0.235 e. The first-order valence-electron chi connectivity index (χ1n) is 8.18. The van der Waals surface area contributed by atoms with Crippen molar-refractivity contribution in [1.82, 2.24) is 4.90 Å². The molecule has 3 fully saturated rings. The number of carbonyl (C=O) groups is 2. The summed E-state index contributed by atoms with van der Waals surface area (Å²) >= 11 is 5.87. The lowest BCUT2D eigenvalue weighted by Crippen LogP contribution is -2.40. The molecule has 0 radical (unpaired) electrons. The minimum atomic E-state index is -0.117.